The van der Waals surface area contributed by atoms with Gasteiger partial charge >= 0.3 is 0 Å². The number of nitrogens with one attached hydrogen (secondary N) is 1. The molecule has 0 atom stereocenters. The molecule has 3 heterocycles. The van der Waals surface area contributed by atoms with Gasteiger partial charge in [-0.3, -0.25) is 9.11 Å². The van der Waals surface area contributed by atoms with Crippen LogP contribution in [0.4, 0.5) is 5.82 Å². The van der Waals surface area contributed by atoms with Crippen molar-refractivity contribution >= 4 is 16.4 Å². The number of rotatable bonds is 6. The highest BCUT2D eigenvalue weighted by molar-refractivity contribution is 8.24. The zero-order valence-corrected chi connectivity index (χ0v) is 19.7. The predicted octanol–water partition coefficient (Wildman–Crippen LogP) is 4.65. The minimum atomic E-state index is -2.86. The fraction of sp³-hybridized carbons (Fsp3) is 0.250. The second kappa shape index (κ2) is 8.80. The maximum Gasteiger partial charge on any atom is 0.270 e. The Bertz CT molecular complexity index is 1320. The van der Waals surface area contributed by atoms with Crippen LogP contribution in [-0.4, -0.2) is 47.6 Å². The molecule has 0 unspecified atom stereocenters. The van der Waals surface area contributed by atoms with E-state index >= 15 is 0 Å². The second-order valence-corrected chi connectivity index (χ2v) is 11.1. The molecule has 0 bridgehead atoms. The molecular weight excluding hydrogens is 452 g/mol. The molecule has 2 aromatic carbocycles. The Balaban J connectivity index is 1.44. The fourth-order valence-corrected chi connectivity index (χ4v) is 4.76. The van der Waals surface area contributed by atoms with E-state index in [1.54, 1.807) is 44.3 Å². The van der Waals surface area contributed by atoms with E-state index in [1.165, 1.54) is 5.56 Å². The van der Waals surface area contributed by atoms with Crippen LogP contribution >= 0.6 is 10.6 Å². The lowest BCUT2D eigenvalue weighted by atomic mass is 9.92. The molecule has 10 heteroatoms. The Morgan fingerprint density at radius 3 is 2.44 bits per heavy atom. The summed E-state index contributed by atoms with van der Waals surface area (Å²) < 4.78 is 26.7. The van der Waals surface area contributed by atoms with Crippen molar-refractivity contribution in [1.82, 2.24) is 25.5 Å². The van der Waals surface area contributed by atoms with Crippen molar-refractivity contribution in [3.63, 3.8) is 0 Å². The van der Waals surface area contributed by atoms with E-state index in [2.05, 4.69) is 37.6 Å². The van der Waals surface area contributed by atoms with Gasteiger partial charge in [0.25, 0.3) is 5.89 Å². The van der Waals surface area contributed by atoms with Crippen molar-refractivity contribution in [3.8, 4) is 34.3 Å². The smallest absolute Gasteiger partial charge is 0.270 e. The van der Waals surface area contributed by atoms with E-state index in [0.29, 0.717) is 28.1 Å². The van der Waals surface area contributed by atoms with Gasteiger partial charge in [0.1, 0.15) is 0 Å². The summed E-state index contributed by atoms with van der Waals surface area (Å²) in [6.45, 7) is 5.49. The van der Waals surface area contributed by atoms with Crippen LogP contribution < -0.4 is 11.1 Å². The van der Waals surface area contributed by atoms with Gasteiger partial charge in [0, 0.05) is 35.4 Å². The van der Waals surface area contributed by atoms with Gasteiger partial charge in [-0.25, -0.2) is 9.97 Å². The Hall–Kier alpha value is -3.31. The standard InChI is InChI=1S/C24H26N6O3S/c1-14(2)34(31,32)19-8-6-15(7-9-19)20-13-27-22(25)21(28-20)24-30-29-23(33-24)17-5-3-4-16(10-17)18-11-26-12-18/h3-10,13-14,18,26,31-32H,11-12H2,1-2H3,(H2,25,27). The summed E-state index contributed by atoms with van der Waals surface area (Å²) >= 11 is 0. The van der Waals surface area contributed by atoms with Crippen molar-refractivity contribution in [2.24, 2.45) is 0 Å². The maximum atomic E-state index is 10.4. The monoisotopic (exact) mass is 478 g/mol. The fourth-order valence-electron chi connectivity index (χ4n) is 3.68. The quantitative estimate of drug-likeness (QED) is 0.311. The molecule has 2 aromatic heterocycles. The van der Waals surface area contributed by atoms with Crippen LogP contribution in [0.1, 0.15) is 25.3 Å². The van der Waals surface area contributed by atoms with Gasteiger partial charge < -0.3 is 15.5 Å². The van der Waals surface area contributed by atoms with Crippen LogP contribution in [0, 0.1) is 0 Å². The SMILES string of the molecule is CC(C)S(O)(O)c1ccc(-c2cnc(N)c(-c3nnc(-c4cccc(C5CNC5)c4)o3)n2)cc1. The summed E-state index contributed by atoms with van der Waals surface area (Å²) in [5.41, 5.74) is 9.75. The molecule has 0 aliphatic carbocycles. The van der Waals surface area contributed by atoms with Crippen LogP contribution in [0.15, 0.2) is 64.0 Å². The van der Waals surface area contributed by atoms with E-state index in [0.717, 1.165) is 24.2 Å². The average Bonchev–Trinajstić information content (AvgIpc) is 3.29. The summed E-state index contributed by atoms with van der Waals surface area (Å²) in [6, 6.07) is 15.0. The molecule has 5 N–H and O–H groups in total. The van der Waals surface area contributed by atoms with Crippen LogP contribution in [-0.2, 0) is 0 Å². The van der Waals surface area contributed by atoms with Gasteiger partial charge in [0.15, 0.2) is 11.5 Å². The van der Waals surface area contributed by atoms with Crippen molar-refractivity contribution in [1.29, 1.82) is 0 Å². The number of nitrogen functional groups attached to an aromatic ring is 1. The zero-order valence-electron chi connectivity index (χ0n) is 18.8. The molecule has 0 spiro atoms. The molecule has 4 aromatic rings. The van der Waals surface area contributed by atoms with E-state index in [4.69, 9.17) is 10.2 Å². The number of hydrogen-bond acceptors (Lipinski definition) is 9. The third-order valence-electron chi connectivity index (χ3n) is 5.97. The summed E-state index contributed by atoms with van der Waals surface area (Å²) in [6.07, 6.45) is 1.56. The molecule has 1 aliphatic rings. The summed E-state index contributed by atoms with van der Waals surface area (Å²) in [5.74, 6) is 1.25. The van der Waals surface area contributed by atoms with Crippen molar-refractivity contribution < 1.29 is 13.5 Å². The summed E-state index contributed by atoms with van der Waals surface area (Å²) in [4.78, 5) is 9.34. The first-order valence-corrected chi connectivity index (χ1v) is 12.6. The molecule has 9 nitrogen and oxygen atoms in total. The van der Waals surface area contributed by atoms with Gasteiger partial charge in [-0.15, -0.1) is 10.2 Å². The Morgan fingerprint density at radius 1 is 1.03 bits per heavy atom. The molecule has 1 saturated heterocycles. The van der Waals surface area contributed by atoms with Crippen LogP contribution in [0.3, 0.4) is 0 Å². The number of nitrogens with two attached hydrogens (primary N) is 1. The highest BCUT2D eigenvalue weighted by Crippen LogP contribution is 2.52. The van der Waals surface area contributed by atoms with Gasteiger partial charge in [-0.2, -0.15) is 10.6 Å². The highest BCUT2D eigenvalue weighted by atomic mass is 32.3. The topological polar surface area (TPSA) is 143 Å². The van der Waals surface area contributed by atoms with Crippen LogP contribution in [0.5, 0.6) is 0 Å². The average molecular weight is 479 g/mol. The lowest BCUT2D eigenvalue weighted by Gasteiger charge is -2.36. The number of benzene rings is 2. The lowest BCUT2D eigenvalue weighted by Crippen LogP contribution is -2.39. The van der Waals surface area contributed by atoms with Crippen molar-refractivity contribution in [2.45, 2.75) is 29.9 Å². The van der Waals surface area contributed by atoms with E-state index in [9.17, 15) is 9.11 Å². The first-order valence-electron chi connectivity index (χ1n) is 11.0. The minimum Gasteiger partial charge on any atom is -0.414 e. The number of hydrogen-bond donors (Lipinski definition) is 4. The predicted molar refractivity (Wildman–Crippen MR) is 132 cm³/mol. The van der Waals surface area contributed by atoms with Crippen LogP contribution in [0.2, 0.25) is 0 Å². The van der Waals surface area contributed by atoms with Gasteiger partial charge in [0.05, 0.1) is 16.8 Å². The van der Waals surface area contributed by atoms with Crippen molar-refractivity contribution in [3.05, 3.63) is 60.3 Å². The molecule has 5 rings (SSSR count). The largest absolute Gasteiger partial charge is 0.414 e. The molecule has 176 valence electrons. The molecular formula is C24H26N6O3S. The third-order valence-corrected chi connectivity index (χ3v) is 8.25. The van der Waals surface area contributed by atoms with E-state index in [-0.39, 0.29) is 17.0 Å². The molecule has 1 fully saturated rings. The number of nitrogens with zero attached hydrogens (tertiary/aromatic N) is 4. The summed E-state index contributed by atoms with van der Waals surface area (Å²) in [5, 5.41) is 11.4. The lowest BCUT2D eigenvalue weighted by molar-refractivity contribution is 0.448. The summed E-state index contributed by atoms with van der Waals surface area (Å²) in [7, 11) is -2.86. The number of aromatic nitrogens is 4. The molecule has 0 amide bonds. The number of anilines is 1. The molecule has 34 heavy (non-hydrogen) atoms. The Labute approximate surface area is 198 Å². The minimum absolute atomic E-state index is 0.179. The highest BCUT2D eigenvalue weighted by Gasteiger charge is 2.22. The normalized spacial score (nSPS) is 14.9. The van der Waals surface area contributed by atoms with Crippen LogP contribution in [0.25, 0.3) is 34.3 Å². The molecule has 0 saturated carbocycles. The zero-order chi connectivity index (χ0) is 23.9. The first-order chi connectivity index (χ1) is 16.3. The second-order valence-electron chi connectivity index (χ2n) is 8.55. The van der Waals surface area contributed by atoms with Gasteiger partial charge in [0.2, 0.25) is 5.89 Å². The van der Waals surface area contributed by atoms with Gasteiger partial charge in [-0.05, 0) is 43.7 Å². The third kappa shape index (κ3) is 4.16. The van der Waals surface area contributed by atoms with Crippen molar-refractivity contribution in [2.75, 3.05) is 18.8 Å². The first kappa shape index (κ1) is 22.5. The Kier molecular flexibility index (Phi) is 5.82. The molecule has 1 aliphatic heterocycles. The molecule has 0 radical (unpaired) electrons. The maximum absolute atomic E-state index is 10.4. The van der Waals surface area contributed by atoms with E-state index in [1.807, 2.05) is 12.1 Å². The van der Waals surface area contributed by atoms with E-state index < -0.39 is 10.6 Å². The van der Waals surface area contributed by atoms with Gasteiger partial charge in [-0.1, -0.05) is 24.3 Å². The Morgan fingerprint density at radius 2 is 1.76 bits per heavy atom.